The minimum atomic E-state index is -1.20. The molecule has 1 N–H and O–H groups in total. The molecule has 2 aromatic carbocycles. The Morgan fingerprint density at radius 2 is 1.91 bits per heavy atom. The zero-order chi connectivity index (χ0) is 25.0. The number of hydrogen-bond acceptors (Lipinski definition) is 4. The summed E-state index contributed by atoms with van der Waals surface area (Å²) in [7, 11) is 1.51. The number of halogens is 1. The quantitative estimate of drug-likeness (QED) is 0.588. The number of methoxy groups -OCH3 is 1. The number of carbonyl (C=O) groups excluding carboxylic acids is 3. The van der Waals surface area contributed by atoms with Crippen molar-refractivity contribution in [2.75, 3.05) is 33.4 Å². The van der Waals surface area contributed by atoms with Crippen LogP contribution in [0.4, 0.5) is 9.18 Å². The molecule has 0 radical (unpaired) electrons. The molecule has 4 rings (SSSR count). The molecule has 0 bridgehead atoms. The van der Waals surface area contributed by atoms with E-state index in [0.717, 1.165) is 5.56 Å². The van der Waals surface area contributed by atoms with Crippen LogP contribution in [0.5, 0.6) is 0 Å². The number of piperidine rings is 1. The van der Waals surface area contributed by atoms with Crippen LogP contribution in [0.3, 0.4) is 0 Å². The van der Waals surface area contributed by atoms with Gasteiger partial charge in [-0.25, -0.2) is 9.18 Å². The van der Waals surface area contributed by atoms with Gasteiger partial charge < -0.3 is 15.0 Å². The van der Waals surface area contributed by atoms with Gasteiger partial charge in [0.05, 0.1) is 13.2 Å². The zero-order valence-corrected chi connectivity index (χ0v) is 19.8. The summed E-state index contributed by atoms with van der Waals surface area (Å²) < 4.78 is 19.0. The van der Waals surface area contributed by atoms with Crippen LogP contribution in [0.2, 0.25) is 0 Å². The van der Waals surface area contributed by atoms with E-state index in [0.29, 0.717) is 37.1 Å². The molecule has 8 heteroatoms. The predicted octanol–water partition coefficient (Wildman–Crippen LogP) is 3.50. The third-order valence-corrected chi connectivity index (χ3v) is 6.97. The van der Waals surface area contributed by atoms with E-state index < -0.39 is 17.4 Å². The number of rotatable bonds is 8. The van der Waals surface area contributed by atoms with Gasteiger partial charge in [0.25, 0.3) is 11.8 Å². The van der Waals surface area contributed by atoms with Crippen molar-refractivity contribution >= 4 is 23.9 Å². The summed E-state index contributed by atoms with van der Waals surface area (Å²) in [5.74, 6) is -0.995. The lowest BCUT2D eigenvalue weighted by atomic mass is 9.73. The summed E-state index contributed by atoms with van der Waals surface area (Å²) in [5.41, 5.74) is 0.972. The van der Waals surface area contributed by atoms with E-state index in [1.54, 1.807) is 35.2 Å². The first-order chi connectivity index (χ1) is 16.9. The van der Waals surface area contributed by atoms with Gasteiger partial charge >= 0.3 is 6.03 Å². The lowest BCUT2D eigenvalue weighted by molar-refractivity contribution is -0.134. The van der Waals surface area contributed by atoms with E-state index in [4.69, 9.17) is 4.74 Å². The molecule has 2 fully saturated rings. The molecule has 2 aliphatic heterocycles. The Balaban J connectivity index is 1.54. The number of nitrogens with one attached hydrogen (secondary N) is 1. The highest BCUT2D eigenvalue weighted by Gasteiger charge is 2.55. The Morgan fingerprint density at radius 3 is 2.54 bits per heavy atom. The molecule has 0 aliphatic carbocycles. The predicted molar refractivity (Wildman–Crippen MR) is 130 cm³/mol. The molecule has 4 amide bonds. The third kappa shape index (κ3) is 4.98. The van der Waals surface area contributed by atoms with Crippen LogP contribution in [-0.4, -0.2) is 66.5 Å². The summed E-state index contributed by atoms with van der Waals surface area (Å²) in [6.45, 7) is 5.02. The van der Waals surface area contributed by atoms with Gasteiger partial charge in [0.2, 0.25) is 0 Å². The molecular weight excluding hydrogens is 449 g/mol. The molecule has 1 atom stereocenters. The van der Waals surface area contributed by atoms with Crippen molar-refractivity contribution in [1.82, 2.24) is 15.1 Å². The molecular formula is C27H30FN3O4. The summed E-state index contributed by atoms with van der Waals surface area (Å²) >= 11 is 0. The summed E-state index contributed by atoms with van der Waals surface area (Å²) in [5, 5.41) is 2.95. The Labute approximate surface area is 204 Å². The standard InChI is InChI=1S/C27H30FN3O4/c1-3-19-7-9-21(10-8-19)24(32)30-13-11-22(12-14-30)27(18-20-5-4-6-23(28)17-20)25(33)31(15-16-35-2)26(34)29-27/h3-10,17,22H,1,11-16,18H2,2H3,(H,29,34). The monoisotopic (exact) mass is 479 g/mol. The van der Waals surface area contributed by atoms with E-state index in [2.05, 4.69) is 11.9 Å². The van der Waals surface area contributed by atoms with Crippen LogP contribution in [-0.2, 0) is 16.0 Å². The maximum absolute atomic E-state index is 13.9. The molecule has 184 valence electrons. The summed E-state index contributed by atoms with van der Waals surface area (Å²) in [6.07, 6.45) is 2.98. The van der Waals surface area contributed by atoms with Crippen LogP contribution in [0.15, 0.2) is 55.1 Å². The molecule has 2 saturated heterocycles. The fraction of sp³-hybridized carbons (Fsp3) is 0.370. The smallest absolute Gasteiger partial charge is 0.325 e. The second kappa shape index (κ2) is 10.4. The number of hydrogen-bond donors (Lipinski definition) is 1. The van der Waals surface area contributed by atoms with Crippen molar-refractivity contribution in [2.24, 2.45) is 5.92 Å². The second-order valence-electron chi connectivity index (χ2n) is 9.05. The summed E-state index contributed by atoms with van der Waals surface area (Å²) in [6, 6.07) is 12.9. The first-order valence-corrected chi connectivity index (χ1v) is 11.8. The van der Waals surface area contributed by atoms with Gasteiger partial charge in [-0.15, -0.1) is 0 Å². The molecule has 0 saturated carbocycles. The van der Waals surface area contributed by atoms with Gasteiger partial charge in [-0.1, -0.05) is 36.9 Å². The Morgan fingerprint density at radius 1 is 1.20 bits per heavy atom. The lowest BCUT2D eigenvalue weighted by Gasteiger charge is -2.41. The van der Waals surface area contributed by atoms with E-state index in [-0.39, 0.29) is 37.3 Å². The zero-order valence-electron chi connectivity index (χ0n) is 19.8. The molecule has 2 heterocycles. The van der Waals surface area contributed by atoms with Crippen molar-refractivity contribution in [3.63, 3.8) is 0 Å². The van der Waals surface area contributed by atoms with Crippen LogP contribution < -0.4 is 5.32 Å². The van der Waals surface area contributed by atoms with Crippen molar-refractivity contribution in [2.45, 2.75) is 24.8 Å². The molecule has 0 aromatic heterocycles. The van der Waals surface area contributed by atoms with Gasteiger partial charge in [0.1, 0.15) is 11.4 Å². The van der Waals surface area contributed by atoms with Crippen molar-refractivity contribution in [1.29, 1.82) is 0 Å². The van der Waals surface area contributed by atoms with Crippen LogP contribution in [0.25, 0.3) is 6.08 Å². The third-order valence-electron chi connectivity index (χ3n) is 6.97. The van der Waals surface area contributed by atoms with E-state index >= 15 is 0 Å². The van der Waals surface area contributed by atoms with Gasteiger partial charge in [0.15, 0.2) is 0 Å². The molecule has 2 aromatic rings. The minimum Gasteiger partial charge on any atom is -0.383 e. The molecule has 1 unspecified atom stereocenters. The van der Waals surface area contributed by atoms with Gasteiger partial charge in [-0.2, -0.15) is 0 Å². The first-order valence-electron chi connectivity index (χ1n) is 11.8. The maximum Gasteiger partial charge on any atom is 0.325 e. The fourth-order valence-corrected chi connectivity index (χ4v) is 5.06. The molecule has 35 heavy (non-hydrogen) atoms. The Hall–Kier alpha value is -3.52. The van der Waals surface area contributed by atoms with Gasteiger partial charge in [0, 0.05) is 32.2 Å². The number of carbonyl (C=O) groups is 3. The number of benzene rings is 2. The largest absolute Gasteiger partial charge is 0.383 e. The Bertz CT molecular complexity index is 1110. The summed E-state index contributed by atoms with van der Waals surface area (Å²) in [4.78, 5) is 42.4. The Kier molecular flexibility index (Phi) is 7.31. The molecule has 0 spiro atoms. The highest BCUT2D eigenvalue weighted by Crippen LogP contribution is 2.37. The van der Waals surface area contributed by atoms with E-state index in [1.807, 2.05) is 12.1 Å². The lowest BCUT2D eigenvalue weighted by Crippen LogP contribution is -2.58. The number of amides is 4. The van der Waals surface area contributed by atoms with Crippen molar-refractivity contribution in [3.05, 3.63) is 77.6 Å². The maximum atomic E-state index is 13.9. The number of urea groups is 1. The molecule has 7 nitrogen and oxygen atoms in total. The van der Waals surface area contributed by atoms with E-state index in [9.17, 15) is 18.8 Å². The van der Waals surface area contributed by atoms with Crippen molar-refractivity contribution in [3.8, 4) is 0 Å². The van der Waals surface area contributed by atoms with Gasteiger partial charge in [-0.3, -0.25) is 14.5 Å². The number of imide groups is 1. The molecule has 2 aliphatic rings. The highest BCUT2D eigenvalue weighted by molar-refractivity contribution is 6.07. The second-order valence-corrected chi connectivity index (χ2v) is 9.05. The number of nitrogens with zero attached hydrogens (tertiary/aromatic N) is 2. The first kappa shape index (κ1) is 24.6. The minimum absolute atomic E-state index is 0.0678. The fourth-order valence-electron chi connectivity index (χ4n) is 5.06. The van der Waals surface area contributed by atoms with Crippen LogP contribution in [0, 0.1) is 11.7 Å². The normalized spacial score (nSPS) is 20.7. The van der Waals surface area contributed by atoms with Crippen LogP contribution >= 0.6 is 0 Å². The SMILES string of the molecule is C=Cc1ccc(C(=O)N2CCC(C3(Cc4cccc(F)c4)NC(=O)N(CCOC)C3=O)CC2)cc1. The highest BCUT2D eigenvalue weighted by atomic mass is 19.1. The average molecular weight is 480 g/mol. The topological polar surface area (TPSA) is 79.0 Å². The van der Waals surface area contributed by atoms with Crippen LogP contribution in [0.1, 0.15) is 34.3 Å². The average Bonchev–Trinajstić information content (AvgIpc) is 3.11. The van der Waals surface area contributed by atoms with Crippen molar-refractivity contribution < 1.29 is 23.5 Å². The van der Waals surface area contributed by atoms with E-state index in [1.165, 1.54) is 24.1 Å². The number of likely N-dealkylation sites (tertiary alicyclic amines) is 1. The van der Waals surface area contributed by atoms with Gasteiger partial charge in [-0.05, 0) is 54.2 Å². The number of ether oxygens (including phenoxy) is 1.